The standard InChI is InChI=1S/C18H15NO/c1-13(20)19-16-9-4-8-15(12-16)18-11-5-7-14-6-2-3-10-17(14)18/h2-12H,1H3,(H,19,20). The lowest BCUT2D eigenvalue weighted by atomic mass is 9.98. The minimum Gasteiger partial charge on any atom is -0.326 e. The van der Waals surface area contributed by atoms with Gasteiger partial charge >= 0.3 is 0 Å². The molecule has 0 radical (unpaired) electrons. The average molecular weight is 261 g/mol. The van der Waals surface area contributed by atoms with Crippen molar-refractivity contribution < 1.29 is 4.79 Å². The molecule has 3 aromatic carbocycles. The summed E-state index contributed by atoms with van der Waals surface area (Å²) in [5, 5.41) is 5.26. The first-order valence-corrected chi connectivity index (χ1v) is 6.60. The largest absolute Gasteiger partial charge is 0.326 e. The molecule has 0 saturated carbocycles. The van der Waals surface area contributed by atoms with Crippen LogP contribution in [0.2, 0.25) is 0 Å². The monoisotopic (exact) mass is 261 g/mol. The zero-order valence-electron chi connectivity index (χ0n) is 11.3. The predicted octanol–water partition coefficient (Wildman–Crippen LogP) is 4.47. The van der Waals surface area contributed by atoms with E-state index in [1.165, 1.54) is 23.3 Å². The highest BCUT2D eigenvalue weighted by Crippen LogP contribution is 2.29. The Morgan fingerprint density at radius 2 is 1.65 bits per heavy atom. The number of anilines is 1. The molecule has 0 aromatic heterocycles. The Hall–Kier alpha value is -2.61. The van der Waals surface area contributed by atoms with Gasteiger partial charge in [-0.25, -0.2) is 0 Å². The number of carbonyl (C=O) groups excluding carboxylic acids is 1. The molecule has 0 bridgehead atoms. The van der Waals surface area contributed by atoms with Crippen molar-refractivity contribution in [1.29, 1.82) is 0 Å². The molecule has 0 saturated heterocycles. The Labute approximate surface area is 118 Å². The summed E-state index contributed by atoms with van der Waals surface area (Å²) < 4.78 is 0. The highest BCUT2D eigenvalue weighted by molar-refractivity contribution is 5.97. The topological polar surface area (TPSA) is 29.1 Å². The Morgan fingerprint density at radius 1 is 0.900 bits per heavy atom. The van der Waals surface area contributed by atoms with Crippen LogP contribution in [-0.2, 0) is 4.79 Å². The van der Waals surface area contributed by atoms with Crippen LogP contribution in [0.5, 0.6) is 0 Å². The lowest BCUT2D eigenvalue weighted by Crippen LogP contribution is -2.05. The predicted molar refractivity (Wildman–Crippen MR) is 83.7 cm³/mol. The van der Waals surface area contributed by atoms with Crippen LogP contribution in [0.4, 0.5) is 5.69 Å². The zero-order valence-corrected chi connectivity index (χ0v) is 11.3. The number of nitrogens with one attached hydrogen (secondary N) is 1. The molecule has 98 valence electrons. The van der Waals surface area contributed by atoms with Crippen molar-refractivity contribution in [2.24, 2.45) is 0 Å². The molecule has 0 aliphatic heterocycles. The maximum atomic E-state index is 11.2. The quantitative estimate of drug-likeness (QED) is 0.724. The normalized spacial score (nSPS) is 10.4. The van der Waals surface area contributed by atoms with E-state index in [0.717, 1.165) is 11.3 Å². The molecule has 0 aliphatic rings. The second-order valence-corrected chi connectivity index (χ2v) is 4.79. The minimum absolute atomic E-state index is 0.0555. The van der Waals surface area contributed by atoms with Crippen LogP contribution in [0.25, 0.3) is 21.9 Å². The van der Waals surface area contributed by atoms with Gasteiger partial charge in [-0.1, -0.05) is 54.6 Å². The SMILES string of the molecule is CC(=O)Nc1cccc(-c2cccc3ccccc23)c1. The molecule has 1 amide bonds. The van der Waals surface area contributed by atoms with Crippen LogP contribution >= 0.6 is 0 Å². The molecule has 0 atom stereocenters. The molecule has 0 unspecified atom stereocenters. The van der Waals surface area contributed by atoms with Gasteiger partial charge in [-0.15, -0.1) is 0 Å². The fourth-order valence-electron chi connectivity index (χ4n) is 2.44. The molecule has 2 nitrogen and oxygen atoms in total. The smallest absolute Gasteiger partial charge is 0.221 e. The number of amides is 1. The van der Waals surface area contributed by atoms with Crippen LogP contribution in [-0.4, -0.2) is 5.91 Å². The number of hydrogen-bond donors (Lipinski definition) is 1. The van der Waals surface area contributed by atoms with Crippen LogP contribution < -0.4 is 5.32 Å². The highest BCUT2D eigenvalue weighted by Gasteiger charge is 2.04. The molecule has 3 aromatic rings. The van der Waals surface area contributed by atoms with Gasteiger partial charge < -0.3 is 5.32 Å². The fourth-order valence-corrected chi connectivity index (χ4v) is 2.44. The number of fused-ring (bicyclic) bond motifs is 1. The highest BCUT2D eigenvalue weighted by atomic mass is 16.1. The van der Waals surface area contributed by atoms with Crippen molar-refractivity contribution in [3.05, 3.63) is 66.7 Å². The summed E-state index contributed by atoms with van der Waals surface area (Å²) >= 11 is 0. The molecule has 0 heterocycles. The number of rotatable bonds is 2. The van der Waals surface area contributed by atoms with Crippen molar-refractivity contribution in [3.63, 3.8) is 0 Å². The minimum atomic E-state index is -0.0555. The van der Waals surface area contributed by atoms with Crippen molar-refractivity contribution in [2.45, 2.75) is 6.92 Å². The van der Waals surface area contributed by atoms with Gasteiger partial charge in [0.05, 0.1) is 0 Å². The molecule has 0 fully saturated rings. The van der Waals surface area contributed by atoms with Crippen molar-refractivity contribution >= 4 is 22.4 Å². The number of hydrogen-bond acceptors (Lipinski definition) is 1. The third kappa shape index (κ3) is 2.41. The van der Waals surface area contributed by atoms with Crippen LogP contribution in [0, 0.1) is 0 Å². The first-order valence-electron chi connectivity index (χ1n) is 6.60. The first-order chi connectivity index (χ1) is 9.74. The number of carbonyl (C=O) groups is 1. The summed E-state index contributed by atoms with van der Waals surface area (Å²) in [6, 6.07) is 22.5. The summed E-state index contributed by atoms with van der Waals surface area (Å²) in [4.78, 5) is 11.2. The van der Waals surface area contributed by atoms with Gasteiger partial charge in [-0.3, -0.25) is 4.79 Å². The zero-order chi connectivity index (χ0) is 13.9. The van der Waals surface area contributed by atoms with E-state index in [0.29, 0.717) is 0 Å². The lowest BCUT2D eigenvalue weighted by molar-refractivity contribution is -0.114. The summed E-state index contributed by atoms with van der Waals surface area (Å²) in [5.41, 5.74) is 3.10. The van der Waals surface area contributed by atoms with Gasteiger partial charge in [-0.05, 0) is 34.0 Å². The van der Waals surface area contributed by atoms with E-state index in [4.69, 9.17) is 0 Å². The summed E-state index contributed by atoms with van der Waals surface area (Å²) in [6.45, 7) is 1.52. The van der Waals surface area contributed by atoms with Gasteiger partial charge in [0.2, 0.25) is 5.91 Å². The van der Waals surface area contributed by atoms with Crippen LogP contribution in [0.3, 0.4) is 0 Å². The second kappa shape index (κ2) is 5.17. The molecule has 1 N–H and O–H groups in total. The van der Waals surface area contributed by atoms with Gasteiger partial charge in [0, 0.05) is 12.6 Å². The van der Waals surface area contributed by atoms with E-state index in [2.05, 4.69) is 41.7 Å². The van der Waals surface area contributed by atoms with Gasteiger partial charge in [0.15, 0.2) is 0 Å². The van der Waals surface area contributed by atoms with Gasteiger partial charge in [-0.2, -0.15) is 0 Å². The van der Waals surface area contributed by atoms with Crippen LogP contribution in [0.15, 0.2) is 66.7 Å². The van der Waals surface area contributed by atoms with E-state index < -0.39 is 0 Å². The molecule has 20 heavy (non-hydrogen) atoms. The van der Waals surface area contributed by atoms with E-state index in [9.17, 15) is 4.79 Å². The maximum Gasteiger partial charge on any atom is 0.221 e. The Kier molecular flexibility index (Phi) is 3.21. The van der Waals surface area contributed by atoms with E-state index in [-0.39, 0.29) is 5.91 Å². The summed E-state index contributed by atoms with van der Waals surface area (Å²) in [5.74, 6) is -0.0555. The summed E-state index contributed by atoms with van der Waals surface area (Å²) in [7, 11) is 0. The molecule has 0 spiro atoms. The van der Waals surface area contributed by atoms with E-state index >= 15 is 0 Å². The molecule has 3 rings (SSSR count). The average Bonchev–Trinajstić information content (AvgIpc) is 2.46. The van der Waals surface area contributed by atoms with Crippen LogP contribution in [0.1, 0.15) is 6.92 Å². The molecule has 0 aliphatic carbocycles. The Balaban J connectivity index is 2.13. The van der Waals surface area contributed by atoms with Crippen molar-refractivity contribution in [2.75, 3.05) is 5.32 Å². The first kappa shape index (κ1) is 12.4. The van der Waals surface area contributed by atoms with Crippen molar-refractivity contribution in [1.82, 2.24) is 0 Å². The Bertz CT molecular complexity index is 772. The summed E-state index contributed by atoms with van der Waals surface area (Å²) in [6.07, 6.45) is 0. The molecular formula is C18H15NO. The number of benzene rings is 3. The molecule has 2 heteroatoms. The molecular weight excluding hydrogens is 246 g/mol. The fraction of sp³-hybridized carbons (Fsp3) is 0.0556. The van der Waals surface area contributed by atoms with E-state index in [1.807, 2.05) is 30.3 Å². The second-order valence-electron chi connectivity index (χ2n) is 4.79. The maximum absolute atomic E-state index is 11.2. The third-order valence-corrected chi connectivity index (χ3v) is 3.28. The third-order valence-electron chi connectivity index (χ3n) is 3.28. The van der Waals surface area contributed by atoms with Crippen molar-refractivity contribution in [3.8, 4) is 11.1 Å². The van der Waals surface area contributed by atoms with E-state index in [1.54, 1.807) is 0 Å². The van der Waals surface area contributed by atoms with Gasteiger partial charge in [0.1, 0.15) is 0 Å². The lowest BCUT2D eigenvalue weighted by Gasteiger charge is -2.09. The van der Waals surface area contributed by atoms with Gasteiger partial charge in [0.25, 0.3) is 0 Å². The Morgan fingerprint density at radius 3 is 2.50 bits per heavy atom.